The molecule has 0 spiro atoms. The van der Waals surface area contributed by atoms with E-state index in [1.54, 1.807) is 20.9 Å². The van der Waals surface area contributed by atoms with Crippen molar-refractivity contribution in [1.29, 1.82) is 0 Å². The minimum atomic E-state index is -2.89. The van der Waals surface area contributed by atoms with Gasteiger partial charge in [0.25, 0.3) is 0 Å². The third-order valence-corrected chi connectivity index (χ3v) is 18.5. The molecule has 0 unspecified atom stereocenters. The molecule has 0 nitrogen and oxygen atoms in total. The Morgan fingerprint density at radius 2 is 1.18 bits per heavy atom. The molecular weight excluding hydrogens is 715 g/mol. The van der Waals surface area contributed by atoms with Gasteiger partial charge in [-0.3, -0.25) is 0 Å². The van der Waals surface area contributed by atoms with Gasteiger partial charge < -0.3 is 24.8 Å². The predicted molar refractivity (Wildman–Crippen MR) is 202 cm³/mol. The molecular formula is C46H54Cl2Zr. The first-order chi connectivity index (χ1) is 22.1. The van der Waals surface area contributed by atoms with E-state index in [0.29, 0.717) is 0 Å². The van der Waals surface area contributed by atoms with Gasteiger partial charge in [-0.15, -0.1) is 0 Å². The van der Waals surface area contributed by atoms with Crippen molar-refractivity contribution in [1.82, 2.24) is 0 Å². The summed E-state index contributed by atoms with van der Waals surface area (Å²) in [7, 11) is 0. The molecule has 6 rings (SSSR count). The molecule has 0 amide bonds. The van der Waals surface area contributed by atoms with E-state index in [4.69, 9.17) is 0 Å². The van der Waals surface area contributed by atoms with Crippen LogP contribution in [0.5, 0.6) is 0 Å². The summed E-state index contributed by atoms with van der Waals surface area (Å²) in [5.74, 6) is 0. The molecule has 3 heteroatoms. The number of aryl methyl sites for hydroxylation is 2. The van der Waals surface area contributed by atoms with Crippen LogP contribution in [0.15, 0.2) is 99.9 Å². The molecule has 2 aliphatic rings. The Morgan fingerprint density at radius 1 is 0.653 bits per heavy atom. The van der Waals surface area contributed by atoms with Crippen LogP contribution in [0, 0.1) is 19.3 Å². The minimum absolute atomic E-state index is 0. The molecule has 0 aliphatic heterocycles. The molecule has 0 saturated carbocycles. The summed E-state index contributed by atoms with van der Waals surface area (Å²) < 4.78 is 5.06. The second kappa shape index (κ2) is 14.7. The SMILES string of the molecule is CCC(C)(C)C1=[C]([Zr+2](=[C](c2ccc(C)cc2)c2ccc(C)cc2)[c]2cc(C(C)(C)C)cc3c2Cc2ccc(C(C)(C)C)cc2-3)CC=C1.[Cl-].[Cl-]. The normalized spacial score (nSPS) is 13.7. The van der Waals surface area contributed by atoms with Crippen LogP contribution in [0.2, 0.25) is 0 Å². The summed E-state index contributed by atoms with van der Waals surface area (Å²) in [6, 6.07) is 31.5. The van der Waals surface area contributed by atoms with Gasteiger partial charge in [0.15, 0.2) is 0 Å². The number of rotatable bonds is 6. The van der Waals surface area contributed by atoms with Crippen molar-refractivity contribution in [2.75, 3.05) is 0 Å². The zero-order valence-electron chi connectivity index (χ0n) is 31.5. The second-order valence-electron chi connectivity index (χ2n) is 16.8. The molecule has 4 aromatic carbocycles. The number of halogens is 2. The average molecular weight is 769 g/mol. The van der Waals surface area contributed by atoms with Gasteiger partial charge in [0.2, 0.25) is 0 Å². The molecule has 0 aromatic heterocycles. The molecule has 0 heterocycles. The van der Waals surface area contributed by atoms with E-state index in [0.717, 1.165) is 19.3 Å². The summed E-state index contributed by atoms with van der Waals surface area (Å²) in [6.45, 7) is 25.9. The molecule has 4 aromatic rings. The minimum Gasteiger partial charge on any atom is -1.00 e. The third kappa shape index (κ3) is 7.81. The van der Waals surface area contributed by atoms with Gasteiger partial charge in [0, 0.05) is 0 Å². The van der Waals surface area contributed by atoms with Crippen LogP contribution in [0.1, 0.15) is 120 Å². The van der Waals surface area contributed by atoms with Crippen LogP contribution >= 0.6 is 0 Å². The topological polar surface area (TPSA) is 0 Å². The van der Waals surface area contributed by atoms with Crippen molar-refractivity contribution >= 4 is 6.48 Å². The van der Waals surface area contributed by atoms with Gasteiger partial charge in [-0.1, -0.05) is 0 Å². The number of fused-ring (bicyclic) bond motifs is 3. The van der Waals surface area contributed by atoms with Gasteiger partial charge in [-0.2, -0.15) is 0 Å². The molecule has 2 aliphatic carbocycles. The quantitative estimate of drug-likeness (QED) is 0.210. The molecule has 0 bridgehead atoms. The predicted octanol–water partition coefficient (Wildman–Crippen LogP) is 5.64. The smallest absolute Gasteiger partial charge is 1.00 e. The van der Waals surface area contributed by atoms with Crippen molar-refractivity contribution < 1.29 is 46.1 Å². The number of hydrogen-bond acceptors (Lipinski definition) is 0. The summed E-state index contributed by atoms with van der Waals surface area (Å²) in [4.78, 5) is 0. The maximum atomic E-state index is 2.69. The standard InChI is InChI=1S/C21H25.C15H14.C10H15.2ClH.Zr/c1-20(2,3)16-9-7-14-11-15-8-10-17(21(4,5)6)13-19(15)18(14)12-16;1-12-3-7-14(8-4-12)11-15-9-5-13(2)6-10-15;1-4-10(2,3)9-7-5-6-8-9;;;/h7,9-10,12-13H,11H2,1-6H3;3-10H,1-2H3;5,7H,4,6H2,1-3H3;2*1H;/q;;;;;+2/p-2. The van der Waals surface area contributed by atoms with Crippen LogP contribution in [0.25, 0.3) is 11.1 Å². The van der Waals surface area contributed by atoms with Gasteiger partial charge in [-0.05, 0) is 0 Å². The number of benzene rings is 4. The zero-order valence-corrected chi connectivity index (χ0v) is 35.5. The Kier molecular flexibility index (Phi) is 11.9. The van der Waals surface area contributed by atoms with E-state index in [-0.39, 0.29) is 41.1 Å². The van der Waals surface area contributed by atoms with E-state index >= 15 is 0 Å². The Balaban J connectivity index is 0.00000270. The zero-order chi connectivity index (χ0) is 33.9. The summed E-state index contributed by atoms with van der Waals surface area (Å²) in [6.07, 6.45) is 8.21. The van der Waals surface area contributed by atoms with Crippen molar-refractivity contribution in [2.45, 2.75) is 106 Å². The summed E-state index contributed by atoms with van der Waals surface area (Å²) in [5, 5.41) is 0. The number of allylic oxidation sites excluding steroid dienone is 4. The van der Waals surface area contributed by atoms with Gasteiger partial charge in [-0.25, -0.2) is 0 Å². The van der Waals surface area contributed by atoms with E-state index in [1.807, 2.05) is 0 Å². The largest absolute Gasteiger partial charge is 1.00 e. The monoisotopic (exact) mass is 766 g/mol. The molecule has 0 fully saturated rings. The Bertz CT molecular complexity index is 1890. The van der Waals surface area contributed by atoms with Crippen LogP contribution in [-0.4, -0.2) is 3.21 Å². The fraction of sp³-hybridized carbons (Fsp3) is 0.370. The molecule has 49 heavy (non-hydrogen) atoms. The van der Waals surface area contributed by atoms with Crippen molar-refractivity contribution in [3.63, 3.8) is 0 Å². The first-order valence-electron chi connectivity index (χ1n) is 17.7. The Morgan fingerprint density at radius 3 is 1.69 bits per heavy atom. The number of hydrogen-bond donors (Lipinski definition) is 0. The molecule has 0 saturated heterocycles. The van der Waals surface area contributed by atoms with E-state index in [2.05, 4.69) is 167 Å². The fourth-order valence-electron chi connectivity index (χ4n) is 7.31. The Hall–Kier alpha value is -2.31. The first kappa shape index (κ1) is 39.5. The van der Waals surface area contributed by atoms with Gasteiger partial charge >= 0.3 is 295 Å². The molecule has 0 radical (unpaired) electrons. The van der Waals surface area contributed by atoms with Crippen LogP contribution < -0.4 is 28.1 Å². The maximum absolute atomic E-state index is 2.89. The Labute approximate surface area is 317 Å². The van der Waals surface area contributed by atoms with E-state index in [1.165, 1.54) is 50.1 Å². The summed E-state index contributed by atoms with van der Waals surface area (Å²) in [5.41, 5.74) is 16.3. The van der Waals surface area contributed by atoms with Crippen molar-refractivity contribution in [2.24, 2.45) is 5.41 Å². The maximum Gasteiger partial charge on any atom is -1.00 e. The first-order valence-corrected chi connectivity index (χ1v) is 21.4. The van der Waals surface area contributed by atoms with Crippen molar-refractivity contribution in [3.05, 3.63) is 144 Å². The molecule has 0 N–H and O–H groups in total. The van der Waals surface area contributed by atoms with Gasteiger partial charge in [0.1, 0.15) is 0 Å². The second-order valence-corrected chi connectivity index (χ2v) is 22.7. The molecule has 0 atom stereocenters. The fourth-order valence-corrected chi connectivity index (χ4v) is 16.3. The van der Waals surface area contributed by atoms with E-state index in [9.17, 15) is 0 Å². The van der Waals surface area contributed by atoms with Crippen LogP contribution in [-0.2, 0) is 38.5 Å². The van der Waals surface area contributed by atoms with Gasteiger partial charge in [0.05, 0.1) is 0 Å². The van der Waals surface area contributed by atoms with Crippen LogP contribution in [0.4, 0.5) is 0 Å². The van der Waals surface area contributed by atoms with Crippen molar-refractivity contribution in [3.8, 4) is 11.1 Å². The summed E-state index contributed by atoms with van der Waals surface area (Å²) >= 11 is -2.89. The average Bonchev–Trinajstić information content (AvgIpc) is 3.65. The molecule has 256 valence electrons. The van der Waals surface area contributed by atoms with E-state index < -0.39 is 21.3 Å². The van der Waals surface area contributed by atoms with Crippen LogP contribution in [0.3, 0.4) is 0 Å². The third-order valence-electron chi connectivity index (χ3n) is 10.8.